The standard InChI is InChI=1S/C37H40Cl3N3O7S/c1-37(2,3)41-36(45)31(18-24-10-8-7-9-11-24)42(22-25-12-13-26(38)19-29(25)40)35(44)23-43(30-20-27(39)14-16-32(30)48-4)51(46,47)28-15-17-33(49-5)34(21-28)50-6/h7-17,19-21,31H,18,22-23H2,1-6H3,(H,41,45)/t31-/m0/s1. The van der Waals surface area contributed by atoms with Gasteiger partial charge in [0.25, 0.3) is 10.0 Å². The van der Waals surface area contributed by atoms with Gasteiger partial charge in [-0.3, -0.25) is 13.9 Å². The van der Waals surface area contributed by atoms with Crippen molar-refractivity contribution in [1.29, 1.82) is 0 Å². The van der Waals surface area contributed by atoms with Gasteiger partial charge in [-0.25, -0.2) is 8.42 Å². The molecule has 10 nitrogen and oxygen atoms in total. The molecule has 0 radical (unpaired) electrons. The van der Waals surface area contributed by atoms with Crippen LogP contribution < -0.4 is 23.8 Å². The number of ether oxygens (including phenoxy) is 3. The molecular formula is C37H40Cl3N3O7S. The number of carbonyl (C=O) groups excluding carboxylic acids is 2. The fourth-order valence-corrected chi connectivity index (χ4v) is 7.38. The van der Waals surface area contributed by atoms with Gasteiger partial charge in [0, 0.05) is 39.6 Å². The van der Waals surface area contributed by atoms with E-state index in [1.807, 2.05) is 51.1 Å². The van der Waals surface area contributed by atoms with Crippen LogP contribution in [0, 0.1) is 0 Å². The Hall–Kier alpha value is -4.16. The lowest BCUT2D eigenvalue weighted by molar-refractivity contribution is -0.140. The van der Waals surface area contributed by atoms with E-state index >= 15 is 0 Å². The van der Waals surface area contributed by atoms with Crippen LogP contribution in [0.3, 0.4) is 0 Å². The molecule has 1 N–H and O–H groups in total. The number of hydrogen-bond donors (Lipinski definition) is 1. The maximum atomic E-state index is 14.8. The second kappa shape index (κ2) is 16.9. The van der Waals surface area contributed by atoms with E-state index in [1.165, 1.54) is 68.7 Å². The van der Waals surface area contributed by atoms with E-state index in [1.54, 1.807) is 12.1 Å². The van der Waals surface area contributed by atoms with Crippen LogP contribution in [0.5, 0.6) is 17.2 Å². The highest BCUT2D eigenvalue weighted by Crippen LogP contribution is 2.37. The lowest BCUT2D eigenvalue weighted by Crippen LogP contribution is -2.56. The summed E-state index contributed by atoms with van der Waals surface area (Å²) in [6, 6.07) is 21.4. The smallest absolute Gasteiger partial charge is 0.265 e. The van der Waals surface area contributed by atoms with Crippen LogP contribution in [0.4, 0.5) is 5.69 Å². The molecule has 0 spiro atoms. The van der Waals surface area contributed by atoms with Gasteiger partial charge in [-0.1, -0.05) is 71.2 Å². The molecule has 0 fully saturated rings. The molecule has 4 rings (SSSR count). The molecule has 51 heavy (non-hydrogen) atoms. The zero-order chi connectivity index (χ0) is 37.5. The third-order valence-electron chi connectivity index (χ3n) is 7.76. The van der Waals surface area contributed by atoms with E-state index in [2.05, 4.69) is 5.32 Å². The number of halogens is 3. The van der Waals surface area contributed by atoms with E-state index in [9.17, 15) is 18.0 Å². The molecule has 4 aromatic rings. The van der Waals surface area contributed by atoms with Crippen molar-refractivity contribution < 1.29 is 32.2 Å². The number of nitrogens with one attached hydrogen (secondary N) is 1. The van der Waals surface area contributed by atoms with Crippen molar-refractivity contribution in [2.24, 2.45) is 0 Å². The molecule has 1 atom stereocenters. The minimum absolute atomic E-state index is 0.00337. The number of nitrogens with zero attached hydrogens (tertiary/aromatic N) is 2. The van der Waals surface area contributed by atoms with Gasteiger partial charge in [0.05, 0.1) is 31.9 Å². The SMILES string of the molecule is COc1ccc(S(=O)(=O)N(CC(=O)N(Cc2ccc(Cl)cc2Cl)[C@@H](Cc2ccccc2)C(=O)NC(C)(C)C)c2cc(Cl)ccc2OC)cc1OC. The fraction of sp³-hybridized carbons (Fsp3) is 0.297. The molecule has 2 amide bonds. The van der Waals surface area contributed by atoms with Crippen LogP contribution in [-0.4, -0.2) is 64.6 Å². The Morgan fingerprint density at radius 1 is 0.784 bits per heavy atom. The van der Waals surface area contributed by atoms with Crippen LogP contribution >= 0.6 is 34.8 Å². The molecule has 0 heterocycles. The average Bonchev–Trinajstić information content (AvgIpc) is 3.08. The number of anilines is 1. The molecule has 0 saturated carbocycles. The molecule has 0 unspecified atom stereocenters. The topological polar surface area (TPSA) is 114 Å². The first-order chi connectivity index (χ1) is 24.1. The second-order valence-corrected chi connectivity index (χ2v) is 15.7. The van der Waals surface area contributed by atoms with Gasteiger partial charge >= 0.3 is 0 Å². The summed E-state index contributed by atoms with van der Waals surface area (Å²) in [5, 5.41) is 3.84. The van der Waals surface area contributed by atoms with E-state index in [4.69, 9.17) is 49.0 Å². The molecule has 0 aromatic heterocycles. The largest absolute Gasteiger partial charge is 0.495 e. The van der Waals surface area contributed by atoms with Gasteiger partial charge in [0.15, 0.2) is 11.5 Å². The van der Waals surface area contributed by atoms with Crippen LogP contribution in [0.2, 0.25) is 15.1 Å². The second-order valence-electron chi connectivity index (χ2n) is 12.5. The Morgan fingerprint density at radius 3 is 2.00 bits per heavy atom. The van der Waals surface area contributed by atoms with Crippen LogP contribution in [0.25, 0.3) is 0 Å². The maximum absolute atomic E-state index is 14.8. The molecule has 4 aromatic carbocycles. The van der Waals surface area contributed by atoms with E-state index in [0.29, 0.717) is 16.3 Å². The normalized spacial score (nSPS) is 12.1. The Kier molecular flexibility index (Phi) is 13.1. The highest BCUT2D eigenvalue weighted by molar-refractivity contribution is 7.92. The van der Waals surface area contributed by atoms with Gasteiger partial charge in [0.1, 0.15) is 18.3 Å². The number of sulfonamides is 1. The summed E-state index contributed by atoms with van der Waals surface area (Å²) in [5.41, 5.74) is 0.607. The molecule has 0 bridgehead atoms. The van der Waals surface area contributed by atoms with Crippen molar-refractivity contribution in [3.8, 4) is 17.2 Å². The predicted molar refractivity (Wildman–Crippen MR) is 201 cm³/mol. The highest BCUT2D eigenvalue weighted by atomic mass is 35.5. The summed E-state index contributed by atoms with van der Waals surface area (Å²) in [6.45, 7) is 4.58. The quantitative estimate of drug-likeness (QED) is 0.142. The summed E-state index contributed by atoms with van der Waals surface area (Å²) in [6.07, 6.45) is 0.114. The maximum Gasteiger partial charge on any atom is 0.265 e. The Bertz CT molecular complexity index is 1970. The highest BCUT2D eigenvalue weighted by Gasteiger charge is 2.37. The Labute approximate surface area is 314 Å². The molecular weight excluding hydrogens is 737 g/mol. The molecule has 0 aliphatic heterocycles. The van der Waals surface area contributed by atoms with Gasteiger partial charge in [-0.2, -0.15) is 0 Å². The third-order valence-corrected chi connectivity index (χ3v) is 10.3. The first kappa shape index (κ1) is 39.6. The van der Waals surface area contributed by atoms with Crippen LogP contribution in [0.1, 0.15) is 31.9 Å². The minimum Gasteiger partial charge on any atom is -0.495 e. The monoisotopic (exact) mass is 775 g/mol. The number of amides is 2. The number of hydrogen-bond acceptors (Lipinski definition) is 7. The van der Waals surface area contributed by atoms with Gasteiger partial charge in [-0.15, -0.1) is 0 Å². The minimum atomic E-state index is -4.54. The van der Waals surface area contributed by atoms with Crippen molar-refractivity contribution >= 4 is 62.3 Å². The van der Waals surface area contributed by atoms with Crippen LogP contribution in [0.15, 0.2) is 89.8 Å². The lowest BCUT2D eigenvalue weighted by Gasteiger charge is -2.35. The summed E-state index contributed by atoms with van der Waals surface area (Å²) < 4.78 is 46.4. The summed E-state index contributed by atoms with van der Waals surface area (Å²) >= 11 is 19.2. The van der Waals surface area contributed by atoms with Crippen molar-refractivity contribution in [2.45, 2.75) is 50.2 Å². The first-order valence-corrected chi connectivity index (χ1v) is 18.3. The molecule has 272 valence electrons. The van der Waals surface area contributed by atoms with Crippen LogP contribution in [-0.2, 0) is 32.6 Å². The number of carbonyl (C=O) groups is 2. The summed E-state index contributed by atoms with van der Waals surface area (Å²) in [5.74, 6) is -0.561. The lowest BCUT2D eigenvalue weighted by atomic mass is 10.0. The number of methoxy groups -OCH3 is 3. The molecule has 14 heteroatoms. The third kappa shape index (κ3) is 10.0. The van der Waals surface area contributed by atoms with E-state index < -0.39 is 40.0 Å². The molecule has 0 aliphatic rings. The predicted octanol–water partition coefficient (Wildman–Crippen LogP) is 7.42. The molecule has 0 aliphatic carbocycles. The van der Waals surface area contributed by atoms with Crippen molar-refractivity contribution in [1.82, 2.24) is 10.2 Å². The van der Waals surface area contributed by atoms with Crippen molar-refractivity contribution in [3.05, 3.63) is 111 Å². The zero-order valence-electron chi connectivity index (χ0n) is 29.1. The fourth-order valence-electron chi connectivity index (χ4n) is 5.32. The summed E-state index contributed by atoms with van der Waals surface area (Å²) in [4.78, 5) is 30.1. The number of rotatable bonds is 14. The Morgan fingerprint density at radius 2 is 1.39 bits per heavy atom. The average molecular weight is 777 g/mol. The summed E-state index contributed by atoms with van der Waals surface area (Å²) in [7, 11) is -0.363. The van der Waals surface area contributed by atoms with Gasteiger partial charge in [0.2, 0.25) is 11.8 Å². The van der Waals surface area contributed by atoms with Crippen molar-refractivity contribution in [2.75, 3.05) is 32.2 Å². The molecule has 0 saturated heterocycles. The first-order valence-electron chi connectivity index (χ1n) is 15.8. The van der Waals surface area contributed by atoms with E-state index in [0.717, 1.165) is 9.87 Å². The van der Waals surface area contributed by atoms with Gasteiger partial charge < -0.3 is 24.4 Å². The number of benzene rings is 4. The van der Waals surface area contributed by atoms with Gasteiger partial charge in [-0.05, 0) is 74.4 Å². The van der Waals surface area contributed by atoms with Crippen molar-refractivity contribution in [3.63, 3.8) is 0 Å². The zero-order valence-corrected chi connectivity index (χ0v) is 32.2. The van der Waals surface area contributed by atoms with E-state index in [-0.39, 0.29) is 45.1 Å². The Balaban J connectivity index is 1.92.